The van der Waals surface area contributed by atoms with Gasteiger partial charge in [0.25, 0.3) is 0 Å². The zero-order chi connectivity index (χ0) is 12.0. The van der Waals surface area contributed by atoms with Gasteiger partial charge in [-0.1, -0.05) is 12.1 Å². The fourth-order valence-electron chi connectivity index (χ4n) is 1.24. The van der Waals surface area contributed by atoms with E-state index in [4.69, 9.17) is 17.0 Å². The third-order valence-corrected chi connectivity index (χ3v) is 2.83. The van der Waals surface area contributed by atoms with Crippen LogP contribution in [-0.4, -0.2) is 24.9 Å². The monoisotopic (exact) mass is 302 g/mol. The standard InChI is InChI=1S/C11H15BrN2OS/c1-8(7-15-2)13-11(16)14-10-6-4-3-5-9(10)12/h3-6,8H,7H2,1-2H3,(H2,13,14,16). The topological polar surface area (TPSA) is 33.3 Å². The Labute approximate surface area is 110 Å². The van der Waals surface area contributed by atoms with E-state index >= 15 is 0 Å². The Kier molecular flexibility index (Phi) is 5.73. The molecule has 0 aromatic heterocycles. The number of methoxy groups -OCH3 is 1. The average molecular weight is 303 g/mol. The van der Waals surface area contributed by atoms with E-state index < -0.39 is 0 Å². The maximum Gasteiger partial charge on any atom is 0.171 e. The number of thiocarbonyl (C=S) groups is 1. The molecule has 1 unspecified atom stereocenters. The molecule has 2 N–H and O–H groups in total. The van der Waals surface area contributed by atoms with Gasteiger partial charge in [0.2, 0.25) is 0 Å². The molecular weight excluding hydrogens is 288 g/mol. The Morgan fingerprint density at radius 1 is 1.50 bits per heavy atom. The van der Waals surface area contributed by atoms with Crippen molar-refractivity contribution in [1.29, 1.82) is 0 Å². The fourth-order valence-corrected chi connectivity index (χ4v) is 1.93. The molecule has 0 fully saturated rings. The molecule has 1 aromatic carbocycles. The molecule has 0 aliphatic carbocycles. The van der Waals surface area contributed by atoms with E-state index in [1.54, 1.807) is 7.11 Å². The minimum atomic E-state index is 0.187. The third kappa shape index (κ3) is 4.47. The van der Waals surface area contributed by atoms with Gasteiger partial charge in [0.15, 0.2) is 5.11 Å². The van der Waals surface area contributed by atoms with Crippen LogP contribution in [0.15, 0.2) is 28.7 Å². The Balaban J connectivity index is 2.49. The first-order valence-corrected chi connectivity index (χ1v) is 6.14. The molecular formula is C11H15BrN2OS. The lowest BCUT2D eigenvalue weighted by Gasteiger charge is -2.16. The molecule has 1 atom stereocenters. The molecule has 0 aliphatic rings. The van der Waals surface area contributed by atoms with Crippen molar-refractivity contribution in [3.63, 3.8) is 0 Å². The van der Waals surface area contributed by atoms with Crippen LogP contribution < -0.4 is 10.6 Å². The number of para-hydroxylation sites is 1. The van der Waals surface area contributed by atoms with Crippen LogP contribution in [0.2, 0.25) is 0 Å². The quantitative estimate of drug-likeness (QED) is 0.838. The number of halogens is 1. The molecule has 0 saturated carbocycles. The first-order chi connectivity index (χ1) is 7.63. The van der Waals surface area contributed by atoms with Gasteiger partial charge in [-0.25, -0.2) is 0 Å². The highest BCUT2D eigenvalue weighted by molar-refractivity contribution is 9.10. The molecule has 0 bridgehead atoms. The number of hydrogen-bond acceptors (Lipinski definition) is 2. The van der Waals surface area contributed by atoms with Crippen molar-refractivity contribution in [3.05, 3.63) is 28.7 Å². The molecule has 0 saturated heterocycles. The number of nitrogens with one attached hydrogen (secondary N) is 2. The van der Waals surface area contributed by atoms with Crippen molar-refractivity contribution in [2.45, 2.75) is 13.0 Å². The highest BCUT2D eigenvalue weighted by Crippen LogP contribution is 2.20. The van der Waals surface area contributed by atoms with E-state index in [1.807, 2.05) is 31.2 Å². The van der Waals surface area contributed by atoms with E-state index in [0.717, 1.165) is 10.2 Å². The highest BCUT2D eigenvalue weighted by atomic mass is 79.9. The molecule has 1 rings (SSSR count). The Bertz CT molecular complexity index is 360. The summed E-state index contributed by atoms with van der Waals surface area (Å²) in [5.74, 6) is 0. The highest BCUT2D eigenvalue weighted by Gasteiger charge is 2.05. The predicted molar refractivity (Wildman–Crippen MR) is 74.8 cm³/mol. The maximum absolute atomic E-state index is 5.19. The Morgan fingerprint density at radius 2 is 2.19 bits per heavy atom. The molecule has 3 nitrogen and oxygen atoms in total. The molecule has 88 valence electrons. The summed E-state index contributed by atoms with van der Waals surface area (Å²) >= 11 is 8.63. The van der Waals surface area contributed by atoms with Gasteiger partial charge in [-0.3, -0.25) is 0 Å². The van der Waals surface area contributed by atoms with Crippen LogP contribution >= 0.6 is 28.1 Å². The fraction of sp³-hybridized carbons (Fsp3) is 0.364. The molecule has 0 amide bonds. The first-order valence-electron chi connectivity index (χ1n) is 4.94. The number of ether oxygens (including phenoxy) is 1. The van der Waals surface area contributed by atoms with Crippen LogP contribution in [0.5, 0.6) is 0 Å². The largest absolute Gasteiger partial charge is 0.383 e. The number of benzene rings is 1. The molecule has 0 aliphatic heterocycles. The van der Waals surface area contributed by atoms with Crippen LogP contribution in [0.3, 0.4) is 0 Å². The smallest absolute Gasteiger partial charge is 0.171 e. The second kappa shape index (κ2) is 6.83. The van der Waals surface area contributed by atoms with Crippen LogP contribution in [0.1, 0.15) is 6.92 Å². The predicted octanol–water partition coefficient (Wildman–Crippen LogP) is 2.77. The van der Waals surface area contributed by atoms with Crippen molar-refractivity contribution < 1.29 is 4.74 Å². The first kappa shape index (κ1) is 13.4. The van der Waals surface area contributed by atoms with Crippen LogP contribution in [-0.2, 0) is 4.74 Å². The maximum atomic E-state index is 5.19. The minimum absolute atomic E-state index is 0.187. The second-order valence-electron chi connectivity index (χ2n) is 3.43. The van der Waals surface area contributed by atoms with Crippen molar-refractivity contribution in [1.82, 2.24) is 5.32 Å². The van der Waals surface area contributed by atoms with Gasteiger partial charge < -0.3 is 15.4 Å². The average Bonchev–Trinajstić information content (AvgIpc) is 2.21. The van der Waals surface area contributed by atoms with Crippen LogP contribution in [0.25, 0.3) is 0 Å². The van der Waals surface area contributed by atoms with Gasteiger partial charge in [0.1, 0.15) is 0 Å². The summed E-state index contributed by atoms with van der Waals surface area (Å²) in [5, 5.41) is 6.84. The summed E-state index contributed by atoms with van der Waals surface area (Å²) in [4.78, 5) is 0. The van der Waals surface area contributed by atoms with E-state index in [9.17, 15) is 0 Å². The van der Waals surface area contributed by atoms with Crippen molar-refractivity contribution in [2.75, 3.05) is 19.0 Å². The lowest BCUT2D eigenvalue weighted by atomic mass is 10.3. The number of anilines is 1. The van der Waals surface area contributed by atoms with E-state index in [1.165, 1.54) is 0 Å². The van der Waals surface area contributed by atoms with Gasteiger partial charge >= 0.3 is 0 Å². The molecule has 0 spiro atoms. The van der Waals surface area contributed by atoms with Crippen molar-refractivity contribution >= 4 is 38.9 Å². The summed E-state index contributed by atoms with van der Waals surface area (Å²) in [5.41, 5.74) is 0.949. The van der Waals surface area contributed by atoms with Crippen LogP contribution in [0, 0.1) is 0 Å². The molecule has 0 radical (unpaired) electrons. The normalized spacial score (nSPS) is 11.9. The molecule has 5 heteroatoms. The van der Waals surface area contributed by atoms with Gasteiger partial charge in [0, 0.05) is 17.6 Å². The van der Waals surface area contributed by atoms with Crippen molar-refractivity contribution in [2.24, 2.45) is 0 Å². The Morgan fingerprint density at radius 3 is 2.81 bits per heavy atom. The number of hydrogen-bond donors (Lipinski definition) is 2. The molecule has 1 aromatic rings. The summed E-state index contributed by atoms with van der Waals surface area (Å²) < 4.78 is 6.00. The van der Waals surface area contributed by atoms with Gasteiger partial charge in [-0.2, -0.15) is 0 Å². The van der Waals surface area contributed by atoms with Gasteiger partial charge in [-0.15, -0.1) is 0 Å². The van der Waals surface area contributed by atoms with Crippen LogP contribution in [0.4, 0.5) is 5.69 Å². The summed E-state index contributed by atoms with van der Waals surface area (Å²) in [6.45, 7) is 2.63. The zero-order valence-corrected chi connectivity index (χ0v) is 11.7. The van der Waals surface area contributed by atoms with Gasteiger partial charge in [0.05, 0.1) is 12.3 Å². The van der Waals surface area contributed by atoms with Crippen molar-refractivity contribution in [3.8, 4) is 0 Å². The van der Waals surface area contributed by atoms with Gasteiger partial charge in [-0.05, 0) is 47.2 Å². The summed E-state index contributed by atoms with van der Waals surface area (Å²) in [6.07, 6.45) is 0. The molecule has 0 heterocycles. The van der Waals surface area contributed by atoms with E-state index in [-0.39, 0.29) is 6.04 Å². The Hall–Kier alpha value is -0.650. The summed E-state index contributed by atoms with van der Waals surface area (Å²) in [6, 6.07) is 8.02. The number of rotatable bonds is 4. The minimum Gasteiger partial charge on any atom is -0.383 e. The van der Waals surface area contributed by atoms with E-state index in [0.29, 0.717) is 11.7 Å². The lowest BCUT2D eigenvalue weighted by molar-refractivity contribution is 0.179. The summed E-state index contributed by atoms with van der Waals surface area (Å²) in [7, 11) is 1.67. The van der Waals surface area contributed by atoms with E-state index in [2.05, 4.69) is 26.6 Å². The molecule has 16 heavy (non-hydrogen) atoms. The lowest BCUT2D eigenvalue weighted by Crippen LogP contribution is -2.38. The third-order valence-electron chi connectivity index (χ3n) is 1.92. The second-order valence-corrected chi connectivity index (χ2v) is 4.70. The SMILES string of the molecule is COCC(C)NC(=S)Nc1ccccc1Br. The zero-order valence-electron chi connectivity index (χ0n) is 9.29.